The second-order valence-corrected chi connectivity index (χ2v) is 7.75. The highest BCUT2D eigenvalue weighted by Gasteiger charge is 2.16. The Morgan fingerprint density at radius 2 is 1.68 bits per heavy atom. The van der Waals surface area contributed by atoms with E-state index in [1.54, 1.807) is 24.3 Å². The lowest BCUT2D eigenvalue weighted by atomic mass is 9.87. The molecule has 0 aliphatic rings. The molecule has 2 aromatic carbocycles. The molecule has 0 aliphatic heterocycles. The number of nitrogens with one attached hydrogen (secondary N) is 1. The monoisotopic (exact) mass is 314 g/mol. The Balaban J connectivity index is 2.27. The first kappa shape index (κ1) is 16.1. The summed E-state index contributed by atoms with van der Waals surface area (Å²) in [6, 6.07) is 15.2. The SMILES string of the molecule is CC(C)(C)c1ccc(NS(=O)(=O)c2cccc(C#N)c2)cc1. The quantitative estimate of drug-likeness (QED) is 0.940. The fourth-order valence-electron chi connectivity index (χ4n) is 1.99. The van der Waals surface area contributed by atoms with E-state index in [4.69, 9.17) is 5.26 Å². The fourth-order valence-corrected chi connectivity index (χ4v) is 3.09. The second kappa shape index (κ2) is 5.82. The van der Waals surface area contributed by atoms with Gasteiger partial charge in [-0.1, -0.05) is 39.0 Å². The summed E-state index contributed by atoms with van der Waals surface area (Å²) in [7, 11) is -3.70. The number of benzene rings is 2. The molecule has 0 heterocycles. The van der Waals surface area contributed by atoms with Crippen molar-refractivity contribution in [1.82, 2.24) is 0 Å². The fraction of sp³-hybridized carbons (Fsp3) is 0.235. The van der Waals surface area contributed by atoms with E-state index in [1.165, 1.54) is 12.1 Å². The topological polar surface area (TPSA) is 70.0 Å². The van der Waals surface area contributed by atoms with Gasteiger partial charge in [0, 0.05) is 5.69 Å². The van der Waals surface area contributed by atoms with Crippen molar-refractivity contribution < 1.29 is 8.42 Å². The number of hydrogen-bond acceptors (Lipinski definition) is 3. The molecule has 4 nitrogen and oxygen atoms in total. The average molecular weight is 314 g/mol. The van der Waals surface area contributed by atoms with E-state index < -0.39 is 10.0 Å². The van der Waals surface area contributed by atoms with Crippen LogP contribution in [0.3, 0.4) is 0 Å². The van der Waals surface area contributed by atoms with Crippen molar-refractivity contribution in [2.24, 2.45) is 0 Å². The van der Waals surface area contributed by atoms with Crippen LogP contribution in [-0.2, 0) is 15.4 Å². The number of nitriles is 1. The first-order valence-corrected chi connectivity index (χ1v) is 8.34. The van der Waals surface area contributed by atoms with Crippen molar-refractivity contribution in [3.63, 3.8) is 0 Å². The van der Waals surface area contributed by atoms with Gasteiger partial charge in [-0.05, 0) is 41.3 Å². The molecule has 5 heteroatoms. The van der Waals surface area contributed by atoms with Crippen LogP contribution < -0.4 is 4.72 Å². The summed E-state index contributed by atoms with van der Waals surface area (Å²) >= 11 is 0. The summed E-state index contributed by atoms with van der Waals surface area (Å²) in [5.41, 5.74) is 1.95. The van der Waals surface area contributed by atoms with Crippen LogP contribution >= 0.6 is 0 Å². The molecule has 2 aromatic rings. The van der Waals surface area contributed by atoms with Gasteiger partial charge in [-0.2, -0.15) is 5.26 Å². The first-order chi connectivity index (χ1) is 10.2. The standard InChI is InChI=1S/C17H18N2O2S/c1-17(2,3)14-7-9-15(10-8-14)19-22(20,21)16-6-4-5-13(11-16)12-18/h4-11,19H,1-3H3. The lowest BCUT2D eigenvalue weighted by Crippen LogP contribution is -2.14. The minimum Gasteiger partial charge on any atom is -0.280 e. The van der Waals surface area contributed by atoms with Gasteiger partial charge in [0.05, 0.1) is 16.5 Å². The van der Waals surface area contributed by atoms with Crippen molar-refractivity contribution in [2.75, 3.05) is 4.72 Å². The number of nitrogens with zero attached hydrogens (tertiary/aromatic N) is 1. The molecule has 0 radical (unpaired) electrons. The largest absolute Gasteiger partial charge is 0.280 e. The summed E-state index contributed by atoms with van der Waals surface area (Å²) in [5.74, 6) is 0. The molecule has 2 rings (SSSR count). The molecule has 0 atom stereocenters. The summed E-state index contributed by atoms with van der Waals surface area (Å²) < 4.78 is 27.2. The van der Waals surface area contributed by atoms with Crippen molar-refractivity contribution in [2.45, 2.75) is 31.1 Å². The zero-order valence-corrected chi connectivity index (χ0v) is 13.6. The molecule has 0 saturated carbocycles. The van der Waals surface area contributed by atoms with Crippen molar-refractivity contribution in [3.05, 3.63) is 59.7 Å². The van der Waals surface area contributed by atoms with Gasteiger partial charge >= 0.3 is 0 Å². The molecule has 22 heavy (non-hydrogen) atoms. The van der Waals surface area contributed by atoms with Gasteiger partial charge in [-0.3, -0.25) is 4.72 Å². The van der Waals surface area contributed by atoms with Crippen LogP contribution in [0.25, 0.3) is 0 Å². The molecule has 0 spiro atoms. The van der Waals surface area contributed by atoms with E-state index in [-0.39, 0.29) is 10.3 Å². The summed E-state index contributed by atoms with van der Waals surface area (Å²) in [4.78, 5) is 0.0754. The summed E-state index contributed by atoms with van der Waals surface area (Å²) in [6.45, 7) is 6.29. The van der Waals surface area contributed by atoms with Crippen molar-refractivity contribution in [1.29, 1.82) is 5.26 Å². The van der Waals surface area contributed by atoms with E-state index in [2.05, 4.69) is 25.5 Å². The van der Waals surface area contributed by atoms with Crippen LogP contribution in [0.4, 0.5) is 5.69 Å². The minimum absolute atomic E-state index is 0.0124. The van der Waals surface area contributed by atoms with Crippen LogP contribution in [-0.4, -0.2) is 8.42 Å². The molecule has 0 aliphatic carbocycles. The van der Waals surface area contributed by atoms with Crippen molar-refractivity contribution in [3.8, 4) is 6.07 Å². The first-order valence-electron chi connectivity index (χ1n) is 6.86. The Morgan fingerprint density at radius 3 is 2.23 bits per heavy atom. The maximum Gasteiger partial charge on any atom is 0.261 e. The van der Waals surface area contributed by atoms with Gasteiger partial charge < -0.3 is 0 Å². The van der Waals surface area contributed by atoms with E-state index >= 15 is 0 Å². The maximum absolute atomic E-state index is 12.3. The third-order valence-electron chi connectivity index (χ3n) is 3.28. The summed E-state index contributed by atoms with van der Waals surface area (Å²) in [6.07, 6.45) is 0. The van der Waals surface area contributed by atoms with Gasteiger partial charge in [-0.15, -0.1) is 0 Å². The Kier molecular flexibility index (Phi) is 4.25. The predicted octanol–water partition coefficient (Wildman–Crippen LogP) is 3.66. The molecule has 0 unspecified atom stereocenters. The molecule has 0 bridgehead atoms. The van der Waals surface area contributed by atoms with Gasteiger partial charge in [0.25, 0.3) is 10.0 Å². The average Bonchev–Trinajstić information content (AvgIpc) is 2.46. The lowest BCUT2D eigenvalue weighted by Gasteiger charge is -2.19. The Morgan fingerprint density at radius 1 is 1.05 bits per heavy atom. The van der Waals surface area contributed by atoms with Crippen LogP contribution in [0.1, 0.15) is 31.9 Å². The molecule has 0 fully saturated rings. The molecule has 0 aromatic heterocycles. The molecular formula is C17H18N2O2S. The Bertz CT molecular complexity index is 811. The van der Waals surface area contributed by atoms with Gasteiger partial charge in [0.1, 0.15) is 0 Å². The number of rotatable bonds is 3. The van der Waals surface area contributed by atoms with Crippen LogP contribution in [0, 0.1) is 11.3 Å². The normalized spacial score (nSPS) is 11.7. The Labute approximate surface area is 131 Å². The third-order valence-corrected chi connectivity index (χ3v) is 4.66. The highest BCUT2D eigenvalue weighted by Crippen LogP contribution is 2.24. The van der Waals surface area contributed by atoms with Gasteiger partial charge in [0.2, 0.25) is 0 Å². The number of sulfonamides is 1. The third kappa shape index (κ3) is 3.66. The van der Waals surface area contributed by atoms with Gasteiger partial charge in [-0.25, -0.2) is 8.42 Å². The molecule has 0 amide bonds. The Hall–Kier alpha value is -2.32. The maximum atomic E-state index is 12.3. The molecule has 0 saturated heterocycles. The van der Waals surface area contributed by atoms with E-state index in [0.29, 0.717) is 11.3 Å². The van der Waals surface area contributed by atoms with E-state index in [1.807, 2.05) is 18.2 Å². The van der Waals surface area contributed by atoms with Crippen LogP contribution in [0.5, 0.6) is 0 Å². The number of anilines is 1. The van der Waals surface area contributed by atoms with E-state index in [9.17, 15) is 8.42 Å². The van der Waals surface area contributed by atoms with Crippen LogP contribution in [0.15, 0.2) is 53.4 Å². The van der Waals surface area contributed by atoms with Gasteiger partial charge in [0.15, 0.2) is 0 Å². The van der Waals surface area contributed by atoms with Crippen molar-refractivity contribution >= 4 is 15.7 Å². The predicted molar refractivity (Wildman–Crippen MR) is 87.1 cm³/mol. The molecular weight excluding hydrogens is 296 g/mol. The summed E-state index contributed by atoms with van der Waals surface area (Å²) in [5, 5.41) is 8.86. The second-order valence-electron chi connectivity index (χ2n) is 6.07. The number of hydrogen-bond donors (Lipinski definition) is 1. The van der Waals surface area contributed by atoms with E-state index in [0.717, 1.165) is 5.56 Å². The van der Waals surface area contributed by atoms with Crippen LogP contribution in [0.2, 0.25) is 0 Å². The zero-order valence-electron chi connectivity index (χ0n) is 12.8. The highest BCUT2D eigenvalue weighted by atomic mass is 32.2. The molecule has 114 valence electrons. The highest BCUT2D eigenvalue weighted by molar-refractivity contribution is 7.92. The zero-order chi connectivity index (χ0) is 16.4. The lowest BCUT2D eigenvalue weighted by molar-refractivity contribution is 0.590. The molecule has 1 N–H and O–H groups in total. The smallest absolute Gasteiger partial charge is 0.261 e. The minimum atomic E-state index is -3.70.